The van der Waals surface area contributed by atoms with Crippen molar-refractivity contribution >= 4 is 12.9 Å². The molecule has 0 unspecified atom stereocenters. The molecule has 0 bridgehead atoms. The van der Waals surface area contributed by atoms with Crippen LogP contribution in [0.25, 0.3) is 0 Å². The largest absolute Gasteiger partial charge is 1.00 e. The van der Waals surface area contributed by atoms with Crippen molar-refractivity contribution in [1.29, 1.82) is 0 Å². The van der Waals surface area contributed by atoms with Gasteiger partial charge in [0.15, 0.2) is 0 Å². The van der Waals surface area contributed by atoms with Gasteiger partial charge < -0.3 is 23.4 Å². The monoisotopic (exact) mass is 275 g/mol. The molecule has 0 heterocycles. The van der Waals surface area contributed by atoms with Gasteiger partial charge in [0.25, 0.3) is 5.91 Å². The first-order valence-corrected chi connectivity index (χ1v) is 4.23. The molecule has 1 aromatic rings. The van der Waals surface area contributed by atoms with Gasteiger partial charge in [-0.2, -0.15) is 0 Å². The first-order chi connectivity index (χ1) is 7.29. The third-order valence-corrected chi connectivity index (χ3v) is 1.64. The number of primary amides is 1. The van der Waals surface area contributed by atoms with E-state index in [1.54, 1.807) is 0 Å². The summed E-state index contributed by atoms with van der Waals surface area (Å²) < 4.78 is 52.8. The maximum atomic E-state index is 13.1. The second-order valence-corrected chi connectivity index (χ2v) is 3.03. The van der Waals surface area contributed by atoms with E-state index >= 15 is 0 Å². The van der Waals surface area contributed by atoms with Gasteiger partial charge in [-0.25, -0.2) is 4.39 Å². The summed E-state index contributed by atoms with van der Waals surface area (Å²) in [7, 11) is 0. The van der Waals surface area contributed by atoms with Crippen LogP contribution in [0.15, 0.2) is 18.2 Å². The third kappa shape index (κ3) is 5.87. The molecule has 0 aliphatic carbocycles. The van der Waals surface area contributed by atoms with Crippen LogP contribution in [0.5, 0.6) is 5.75 Å². The number of hydrogen-bond donors (Lipinski definition) is 1. The Morgan fingerprint density at radius 3 is 2.35 bits per heavy atom. The van der Waals surface area contributed by atoms with E-state index < -0.39 is 30.8 Å². The van der Waals surface area contributed by atoms with Crippen molar-refractivity contribution in [2.45, 2.75) is 0 Å². The Kier molecular flexibility index (Phi) is 6.70. The van der Waals surface area contributed by atoms with Crippen LogP contribution in [-0.2, 0) is 0 Å². The summed E-state index contributed by atoms with van der Waals surface area (Å²) in [5, 5.41) is 0. The maximum absolute atomic E-state index is 13.1. The van der Waals surface area contributed by atoms with Gasteiger partial charge >= 0.3 is 58.4 Å². The van der Waals surface area contributed by atoms with Crippen molar-refractivity contribution in [2.24, 2.45) is 5.73 Å². The molecule has 1 amide bonds. The van der Waals surface area contributed by atoms with Crippen molar-refractivity contribution in [2.75, 3.05) is 6.51 Å². The Morgan fingerprint density at radius 1 is 1.35 bits per heavy atom. The molecule has 0 radical (unpaired) electrons. The molecule has 0 atom stereocenters. The van der Waals surface area contributed by atoms with Crippen molar-refractivity contribution in [3.63, 3.8) is 0 Å². The summed E-state index contributed by atoms with van der Waals surface area (Å²) in [5.41, 5.74) is 4.41. The summed E-state index contributed by atoms with van der Waals surface area (Å²) in [6.45, 7) is -6.56. The fourth-order valence-corrected chi connectivity index (χ4v) is 0.976. The van der Waals surface area contributed by atoms with E-state index in [4.69, 9.17) is 5.73 Å². The molecule has 2 N–H and O–H groups in total. The topological polar surface area (TPSA) is 52.3 Å². The minimum Gasteiger partial charge on any atom is -0.522 e. The SMILES string of the molecule is NC(=O)c1ccc(OC[B-](F)(F)F)cc1F.[K+]. The zero-order chi connectivity index (χ0) is 12.3. The van der Waals surface area contributed by atoms with Crippen LogP contribution in [0, 0.1) is 5.82 Å². The number of rotatable bonds is 4. The predicted octanol–water partition coefficient (Wildman–Crippen LogP) is -1.31. The van der Waals surface area contributed by atoms with Crippen molar-refractivity contribution < 1.29 is 78.3 Å². The van der Waals surface area contributed by atoms with Crippen molar-refractivity contribution in [3.8, 4) is 5.75 Å². The van der Waals surface area contributed by atoms with Crippen LogP contribution in [0.1, 0.15) is 10.4 Å². The number of amides is 1. The summed E-state index contributed by atoms with van der Waals surface area (Å²) in [6, 6.07) is 2.70. The van der Waals surface area contributed by atoms with Crippen LogP contribution in [-0.4, -0.2) is 19.4 Å². The summed E-state index contributed by atoms with van der Waals surface area (Å²) in [6.07, 6.45) is 0. The van der Waals surface area contributed by atoms with Crippen LogP contribution in [0.4, 0.5) is 17.3 Å². The summed E-state index contributed by atoms with van der Waals surface area (Å²) >= 11 is 0. The van der Waals surface area contributed by atoms with Gasteiger partial charge in [-0.3, -0.25) is 4.79 Å². The molecule has 0 aliphatic rings. The van der Waals surface area contributed by atoms with Gasteiger partial charge in [-0.15, -0.1) is 0 Å². The smallest absolute Gasteiger partial charge is 0.522 e. The molecule has 0 aromatic heterocycles. The van der Waals surface area contributed by atoms with E-state index in [9.17, 15) is 22.1 Å². The Morgan fingerprint density at radius 2 is 1.94 bits per heavy atom. The Balaban J connectivity index is 0.00000256. The third-order valence-electron chi connectivity index (χ3n) is 1.64. The predicted molar refractivity (Wildman–Crippen MR) is 49.5 cm³/mol. The molecular weight excluding hydrogens is 268 g/mol. The molecule has 0 aliphatic heterocycles. The maximum Gasteiger partial charge on any atom is 1.00 e. The number of carbonyl (C=O) groups excluding carboxylic acids is 1. The second kappa shape index (κ2) is 6.74. The summed E-state index contributed by atoms with van der Waals surface area (Å²) in [5.74, 6) is -2.31. The molecule has 88 valence electrons. The van der Waals surface area contributed by atoms with E-state index in [2.05, 4.69) is 4.74 Å². The molecule has 0 spiro atoms. The molecule has 9 heteroatoms. The normalized spacial score (nSPS) is 10.6. The standard InChI is InChI=1S/C8H7BF4NO2.K/c10-7-3-5(16-4-9(11,12)13)1-2-6(7)8(14)15;/h1-3H,4H2,(H2,14,15);/q-1;+1. The van der Waals surface area contributed by atoms with Gasteiger partial charge in [-0.1, -0.05) is 0 Å². The fourth-order valence-electron chi connectivity index (χ4n) is 0.976. The van der Waals surface area contributed by atoms with Gasteiger partial charge in [0.2, 0.25) is 0 Å². The molecule has 3 nitrogen and oxygen atoms in total. The molecule has 1 rings (SSSR count). The second-order valence-electron chi connectivity index (χ2n) is 3.03. The Labute approximate surface area is 137 Å². The van der Waals surface area contributed by atoms with Gasteiger partial charge in [0.05, 0.1) is 12.1 Å². The molecule has 0 fully saturated rings. The minimum absolute atomic E-state index is 0. The zero-order valence-electron chi connectivity index (χ0n) is 8.92. The number of benzene rings is 1. The molecular formula is C8H7BF4KNO2. The van der Waals surface area contributed by atoms with Gasteiger partial charge in [0, 0.05) is 6.07 Å². The van der Waals surface area contributed by atoms with E-state index in [0.717, 1.165) is 12.1 Å². The van der Waals surface area contributed by atoms with Crippen molar-refractivity contribution in [1.82, 2.24) is 0 Å². The average Bonchev–Trinajstić information content (AvgIpc) is 2.13. The first kappa shape index (κ1) is 16.9. The fraction of sp³-hybridized carbons (Fsp3) is 0.125. The number of carbonyl (C=O) groups is 1. The van der Waals surface area contributed by atoms with Crippen LogP contribution >= 0.6 is 0 Å². The number of nitrogens with two attached hydrogens (primary N) is 1. The van der Waals surface area contributed by atoms with E-state index in [-0.39, 0.29) is 57.1 Å². The number of hydrogen-bond acceptors (Lipinski definition) is 2. The minimum atomic E-state index is -5.10. The quantitative estimate of drug-likeness (QED) is 0.548. The van der Waals surface area contributed by atoms with Gasteiger partial charge in [0.1, 0.15) is 11.6 Å². The molecule has 0 saturated carbocycles. The molecule has 1 aromatic carbocycles. The van der Waals surface area contributed by atoms with Gasteiger partial charge in [-0.05, 0) is 12.1 Å². The first-order valence-electron chi connectivity index (χ1n) is 4.23. The average molecular weight is 275 g/mol. The van der Waals surface area contributed by atoms with E-state index in [1.165, 1.54) is 0 Å². The molecule has 0 saturated heterocycles. The van der Waals surface area contributed by atoms with Crippen LogP contribution < -0.4 is 61.9 Å². The number of ether oxygens (including phenoxy) is 1. The van der Waals surface area contributed by atoms with Crippen LogP contribution in [0.2, 0.25) is 0 Å². The zero-order valence-corrected chi connectivity index (χ0v) is 12.0. The summed E-state index contributed by atoms with van der Waals surface area (Å²) in [4.78, 5) is 10.6. The molecule has 17 heavy (non-hydrogen) atoms. The Hall–Kier alpha value is -0.0887. The van der Waals surface area contributed by atoms with Crippen LogP contribution in [0.3, 0.4) is 0 Å². The van der Waals surface area contributed by atoms with E-state index in [1.807, 2.05) is 0 Å². The van der Waals surface area contributed by atoms with Crippen molar-refractivity contribution in [3.05, 3.63) is 29.6 Å². The number of halogens is 4. The van der Waals surface area contributed by atoms with E-state index in [0.29, 0.717) is 6.07 Å². The Bertz CT molecular complexity index is 413.